The molecule has 0 aliphatic rings. The highest BCUT2D eigenvalue weighted by Crippen LogP contribution is 2.32. The Hall–Kier alpha value is -0.570. The summed E-state index contributed by atoms with van der Waals surface area (Å²) in [4.78, 5) is 11.8. The molecule has 0 rings (SSSR count). The van der Waals surface area contributed by atoms with E-state index in [0.29, 0.717) is 13.0 Å². The predicted molar refractivity (Wildman–Crippen MR) is 85.8 cm³/mol. The molecule has 0 aliphatic carbocycles. The zero-order valence-corrected chi connectivity index (χ0v) is 15.0. The van der Waals surface area contributed by atoms with Crippen LogP contribution in [0.15, 0.2) is 0 Å². The van der Waals surface area contributed by atoms with E-state index in [1.54, 1.807) is 0 Å². The Morgan fingerprint density at radius 3 is 1.85 bits per heavy atom. The predicted octanol–water partition coefficient (Wildman–Crippen LogP) is 4.16. The number of amides is 1. The summed E-state index contributed by atoms with van der Waals surface area (Å²) >= 11 is 0. The van der Waals surface area contributed by atoms with Crippen LogP contribution in [-0.2, 0) is 9.53 Å². The number of rotatable bonds is 5. The van der Waals surface area contributed by atoms with Gasteiger partial charge in [0.25, 0.3) is 0 Å². The first-order chi connectivity index (χ1) is 8.71. The van der Waals surface area contributed by atoms with E-state index in [9.17, 15) is 4.79 Å². The standard InChI is InChI=1S/C17H35NO2/c1-15(2,3)12-13(16(4,5)6)20-11-10-14(19)18-17(7,8)9/h13H,10-12H2,1-9H3,(H,18,19). The highest BCUT2D eigenvalue weighted by Gasteiger charge is 2.29. The summed E-state index contributed by atoms with van der Waals surface area (Å²) in [5.41, 5.74) is 0.144. The molecule has 3 nitrogen and oxygen atoms in total. The van der Waals surface area contributed by atoms with Crippen LogP contribution in [0.3, 0.4) is 0 Å². The Morgan fingerprint density at radius 2 is 1.50 bits per heavy atom. The first-order valence-electron chi connectivity index (χ1n) is 7.63. The van der Waals surface area contributed by atoms with Crippen LogP contribution in [0.5, 0.6) is 0 Å². The van der Waals surface area contributed by atoms with E-state index in [0.717, 1.165) is 6.42 Å². The van der Waals surface area contributed by atoms with Crippen molar-refractivity contribution in [3.05, 3.63) is 0 Å². The van der Waals surface area contributed by atoms with Crippen molar-refractivity contribution in [2.24, 2.45) is 10.8 Å². The van der Waals surface area contributed by atoms with E-state index >= 15 is 0 Å². The molecule has 0 saturated carbocycles. The van der Waals surface area contributed by atoms with Gasteiger partial charge in [0.1, 0.15) is 0 Å². The summed E-state index contributed by atoms with van der Waals surface area (Å²) in [7, 11) is 0. The van der Waals surface area contributed by atoms with E-state index in [1.165, 1.54) is 0 Å². The third-order valence-electron chi connectivity index (χ3n) is 2.93. The number of hydrogen-bond acceptors (Lipinski definition) is 2. The van der Waals surface area contributed by atoms with Crippen molar-refractivity contribution >= 4 is 5.91 Å². The number of carbonyl (C=O) groups is 1. The van der Waals surface area contributed by atoms with E-state index in [1.807, 2.05) is 20.8 Å². The fourth-order valence-corrected chi connectivity index (χ4v) is 1.95. The third-order valence-corrected chi connectivity index (χ3v) is 2.93. The summed E-state index contributed by atoms with van der Waals surface area (Å²) in [5.74, 6) is 0.0564. The number of hydrogen-bond donors (Lipinski definition) is 1. The minimum absolute atomic E-state index is 0.0564. The molecule has 0 radical (unpaired) electrons. The van der Waals surface area contributed by atoms with Crippen molar-refractivity contribution in [1.29, 1.82) is 0 Å². The molecule has 1 amide bonds. The molecule has 3 heteroatoms. The van der Waals surface area contributed by atoms with Gasteiger partial charge in [-0.15, -0.1) is 0 Å². The van der Waals surface area contributed by atoms with Crippen molar-refractivity contribution in [2.45, 2.75) is 86.8 Å². The number of carbonyl (C=O) groups excluding carboxylic acids is 1. The molecule has 0 heterocycles. The van der Waals surface area contributed by atoms with Gasteiger partial charge >= 0.3 is 0 Å². The Balaban J connectivity index is 4.32. The third kappa shape index (κ3) is 10.2. The molecule has 0 saturated heterocycles. The second-order valence-corrected chi connectivity index (χ2v) is 9.04. The van der Waals surface area contributed by atoms with E-state index in [4.69, 9.17) is 4.74 Å². The molecule has 1 unspecified atom stereocenters. The lowest BCUT2D eigenvalue weighted by Gasteiger charge is -2.35. The van der Waals surface area contributed by atoms with Crippen LogP contribution in [-0.4, -0.2) is 24.2 Å². The molecule has 0 aromatic carbocycles. The summed E-state index contributed by atoms with van der Waals surface area (Å²) in [6.07, 6.45) is 1.59. The van der Waals surface area contributed by atoms with Crippen molar-refractivity contribution < 1.29 is 9.53 Å². The van der Waals surface area contributed by atoms with E-state index < -0.39 is 0 Å². The second-order valence-electron chi connectivity index (χ2n) is 9.04. The fraction of sp³-hybridized carbons (Fsp3) is 0.941. The molecule has 0 spiro atoms. The van der Waals surface area contributed by atoms with Gasteiger partial charge in [0, 0.05) is 12.0 Å². The molecule has 0 aromatic heterocycles. The molecule has 0 aliphatic heterocycles. The first kappa shape index (κ1) is 19.4. The molecule has 0 aromatic rings. The van der Waals surface area contributed by atoms with Crippen LogP contribution in [0.2, 0.25) is 0 Å². The first-order valence-corrected chi connectivity index (χ1v) is 7.63. The minimum atomic E-state index is -0.175. The summed E-state index contributed by atoms with van der Waals surface area (Å²) < 4.78 is 6.01. The maximum absolute atomic E-state index is 11.8. The van der Waals surface area contributed by atoms with Crippen LogP contribution >= 0.6 is 0 Å². The lowest BCUT2D eigenvalue weighted by atomic mass is 9.78. The van der Waals surface area contributed by atoms with E-state index in [2.05, 4.69) is 46.9 Å². The quantitative estimate of drug-likeness (QED) is 0.823. The highest BCUT2D eigenvalue weighted by atomic mass is 16.5. The van der Waals surface area contributed by atoms with Crippen molar-refractivity contribution in [3.8, 4) is 0 Å². The van der Waals surface area contributed by atoms with Crippen LogP contribution in [0.25, 0.3) is 0 Å². The SMILES string of the molecule is CC(C)(C)CC(OCCC(=O)NC(C)(C)C)C(C)(C)C. The molecular formula is C17H35NO2. The Bertz CT molecular complexity index is 302. The largest absolute Gasteiger partial charge is 0.377 e. The molecular weight excluding hydrogens is 250 g/mol. The van der Waals surface area contributed by atoms with Gasteiger partial charge in [0.2, 0.25) is 5.91 Å². The number of ether oxygens (including phenoxy) is 1. The maximum atomic E-state index is 11.8. The van der Waals surface area contributed by atoms with Crippen LogP contribution in [0.1, 0.15) is 75.2 Å². The molecule has 0 fully saturated rings. The number of nitrogens with one attached hydrogen (secondary N) is 1. The van der Waals surface area contributed by atoms with Crippen molar-refractivity contribution in [1.82, 2.24) is 5.32 Å². The normalized spacial score (nSPS) is 15.1. The van der Waals surface area contributed by atoms with Gasteiger partial charge in [-0.25, -0.2) is 0 Å². The molecule has 120 valence electrons. The van der Waals surface area contributed by atoms with Crippen LogP contribution < -0.4 is 5.32 Å². The highest BCUT2D eigenvalue weighted by molar-refractivity contribution is 5.76. The van der Waals surface area contributed by atoms with Gasteiger partial charge in [0.05, 0.1) is 12.7 Å². The van der Waals surface area contributed by atoms with Gasteiger partial charge in [-0.3, -0.25) is 4.79 Å². The lowest BCUT2D eigenvalue weighted by Crippen LogP contribution is -2.41. The molecule has 1 N–H and O–H groups in total. The Labute approximate surface area is 125 Å². The monoisotopic (exact) mass is 285 g/mol. The topological polar surface area (TPSA) is 38.3 Å². The zero-order chi connectivity index (χ0) is 16.2. The minimum Gasteiger partial charge on any atom is -0.377 e. The Morgan fingerprint density at radius 1 is 1.00 bits per heavy atom. The summed E-state index contributed by atoms with van der Waals surface area (Å²) in [5, 5.41) is 2.96. The van der Waals surface area contributed by atoms with Gasteiger partial charge < -0.3 is 10.1 Å². The van der Waals surface area contributed by atoms with Gasteiger partial charge in [0.15, 0.2) is 0 Å². The zero-order valence-electron chi connectivity index (χ0n) is 15.0. The van der Waals surface area contributed by atoms with E-state index in [-0.39, 0.29) is 28.4 Å². The average molecular weight is 285 g/mol. The molecule has 0 bridgehead atoms. The lowest BCUT2D eigenvalue weighted by molar-refractivity contribution is -0.125. The summed E-state index contributed by atoms with van der Waals surface area (Å²) in [6.45, 7) is 19.7. The maximum Gasteiger partial charge on any atom is 0.222 e. The molecule has 1 atom stereocenters. The van der Waals surface area contributed by atoms with Crippen LogP contribution in [0, 0.1) is 10.8 Å². The van der Waals surface area contributed by atoms with Crippen molar-refractivity contribution in [3.63, 3.8) is 0 Å². The van der Waals surface area contributed by atoms with Gasteiger partial charge in [-0.2, -0.15) is 0 Å². The van der Waals surface area contributed by atoms with Crippen molar-refractivity contribution in [2.75, 3.05) is 6.61 Å². The Kier molecular flexibility index (Phi) is 6.73. The second kappa shape index (κ2) is 6.93. The van der Waals surface area contributed by atoms with Crippen LogP contribution in [0.4, 0.5) is 0 Å². The average Bonchev–Trinajstić information content (AvgIpc) is 2.09. The smallest absolute Gasteiger partial charge is 0.222 e. The van der Waals surface area contributed by atoms with Gasteiger partial charge in [-0.1, -0.05) is 41.5 Å². The van der Waals surface area contributed by atoms with Gasteiger partial charge in [-0.05, 0) is 38.0 Å². The molecule has 20 heavy (non-hydrogen) atoms. The summed E-state index contributed by atoms with van der Waals surface area (Å²) in [6, 6.07) is 0. The fourth-order valence-electron chi connectivity index (χ4n) is 1.95.